The van der Waals surface area contributed by atoms with Crippen LogP contribution in [0.5, 0.6) is 0 Å². The Labute approximate surface area is 84.8 Å². The van der Waals surface area contributed by atoms with E-state index in [0.717, 1.165) is 31.3 Å². The number of rotatable bonds is 6. The molecule has 0 spiro atoms. The molecule has 0 aromatic rings. The molecule has 0 saturated carbocycles. The van der Waals surface area contributed by atoms with Gasteiger partial charge in [0.1, 0.15) is 0 Å². The molecule has 0 aromatic carbocycles. The lowest BCUT2D eigenvalue weighted by Crippen LogP contribution is -2.10. The zero-order valence-electron chi connectivity index (χ0n) is 8.45. The summed E-state index contributed by atoms with van der Waals surface area (Å²) in [5, 5.41) is 2.83. The van der Waals surface area contributed by atoms with E-state index in [-0.39, 0.29) is 12.2 Å². The average Bonchev–Trinajstić information content (AvgIpc) is 2.49. The molecule has 3 heteroatoms. The van der Waals surface area contributed by atoms with Crippen molar-refractivity contribution in [1.29, 1.82) is 0 Å². The highest BCUT2D eigenvalue weighted by molar-refractivity contribution is 5.10. The maximum absolute atomic E-state index is 9.89. The van der Waals surface area contributed by atoms with Gasteiger partial charge in [0.05, 0.1) is 18.8 Å². The average molecular weight is 195 g/mol. The van der Waals surface area contributed by atoms with Gasteiger partial charge in [-0.2, -0.15) is 4.91 Å². The number of hydrogen-bond acceptors (Lipinski definition) is 3. The summed E-state index contributed by atoms with van der Waals surface area (Å²) in [6, 6.07) is 0. The van der Waals surface area contributed by atoms with E-state index in [9.17, 15) is 4.91 Å². The normalized spacial score (nSPS) is 26.4. The van der Waals surface area contributed by atoms with E-state index in [4.69, 9.17) is 4.74 Å². The van der Waals surface area contributed by atoms with Gasteiger partial charge in [0.25, 0.3) is 0 Å². The van der Waals surface area contributed by atoms with Crippen LogP contribution >= 0.6 is 0 Å². The van der Waals surface area contributed by atoms with E-state index in [1.807, 2.05) is 6.08 Å². The number of nitrogens with zero attached hydrogens (tertiary/aromatic N) is 1. The maximum atomic E-state index is 9.89. The molecule has 3 nitrogen and oxygen atoms in total. The molecule has 1 aliphatic rings. The van der Waals surface area contributed by atoms with Crippen molar-refractivity contribution in [2.75, 3.05) is 6.54 Å². The molecule has 0 N–H and O–H groups in total. The zero-order chi connectivity index (χ0) is 10.4. The third-order valence-corrected chi connectivity index (χ3v) is 2.46. The van der Waals surface area contributed by atoms with Gasteiger partial charge in [-0.15, -0.1) is 6.58 Å². The fourth-order valence-electron chi connectivity index (χ4n) is 1.73. The molecule has 14 heavy (non-hydrogen) atoms. The Kier molecular flexibility index (Phi) is 4.53. The van der Waals surface area contributed by atoms with Crippen molar-refractivity contribution in [2.45, 2.75) is 37.9 Å². The van der Waals surface area contributed by atoms with Crippen LogP contribution in [-0.2, 0) is 4.74 Å². The van der Waals surface area contributed by atoms with Gasteiger partial charge in [-0.1, -0.05) is 17.8 Å². The first-order chi connectivity index (χ1) is 6.77. The van der Waals surface area contributed by atoms with Gasteiger partial charge < -0.3 is 4.74 Å². The molecule has 2 atom stereocenters. The number of ether oxygens (including phenoxy) is 1. The summed E-state index contributed by atoms with van der Waals surface area (Å²) in [6.45, 7) is 8.04. The lowest BCUT2D eigenvalue weighted by molar-refractivity contribution is 0.0485. The quantitative estimate of drug-likeness (QED) is 0.371. The molecule has 0 aliphatic carbocycles. The molecule has 0 aromatic heterocycles. The predicted octanol–water partition coefficient (Wildman–Crippen LogP) is 2.82. The molecular weight excluding hydrogens is 178 g/mol. The van der Waals surface area contributed by atoms with Crippen LogP contribution in [0.3, 0.4) is 0 Å². The van der Waals surface area contributed by atoms with Gasteiger partial charge in [0, 0.05) is 0 Å². The van der Waals surface area contributed by atoms with Gasteiger partial charge in [-0.3, -0.25) is 0 Å². The van der Waals surface area contributed by atoms with Crippen molar-refractivity contribution in [3.8, 4) is 0 Å². The van der Waals surface area contributed by atoms with Crippen LogP contribution in [0.4, 0.5) is 0 Å². The minimum atomic E-state index is 0.140. The first kappa shape index (κ1) is 11.1. The van der Waals surface area contributed by atoms with Gasteiger partial charge in [0.2, 0.25) is 0 Å². The Morgan fingerprint density at radius 1 is 1.64 bits per heavy atom. The van der Waals surface area contributed by atoms with Gasteiger partial charge >= 0.3 is 0 Å². The van der Waals surface area contributed by atoms with Crippen LogP contribution in [0, 0.1) is 4.91 Å². The van der Waals surface area contributed by atoms with E-state index in [2.05, 4.69) is 18.3 Å². The highest BCUT2D eigenvalue weighted by Crippen LogP contribution is 2.29. The Morgan fingerprint density at radius 3 is 3.07 bits per heavy atom. The molecule has 1 saturated heterocycles. The van der Waals surface area contributed by atoms with Crippen molar-refractivity contribution in [1.82, 2.24) is 0 Å². The summed E-state index contributed by atoms with van der Waals surface area (Å²) in [7, 11) is 0. The highest BCUT2D eigenvalue weighted by Gasteiger charge is 2.26. The number of nitroso groups, excluding NO2 is 1. The van der Waals surface area contributed by atoms with E-state index in [1.54, 1.807) is 0 Å². The van der Waals surface area contributed by atoms with Crippen molar-refractivity contribution in [3.05, 3.63) is 29.7 Å². The standard InChI is InChI=1S/C11H17NO2/c1-3-5-11-9(2)8-10(14-11)6-4-7-12-13/h3,10-11H,1-2,4-8H2/t10-,11-/m0/s1. The molecule has 0 amide bonds. The number of hydrogen-bond donors (Lipinski definition) is 0. The Bertz CT molecular complexity index is 225. The van der Waals surface area contributed by atoms with Crippen molar-refractivity contribution in [3.63, 3.8) is 0 Å². The van der Waals surface area contributed by atoms with Gasteiger partial charge in [0.15, 0.2) is 0 Å². The minimum absolute atomic E-state index is 0.140. The smallest absolute Gasteiger partial charge is 0.0821 e. The van der Waals surface area contributed by atoms with Crippen molar-refractivity contribution >= 4 is 0 Å². The molecule has 0 bridgehead atoms. The molecule has 1 aliphatic heterocycles. The Hall–Kier alpha value is -0.960. The molecule has 1 rings (SSSR count). The Balaban J connectivity index is 2.27. The molecular formula is C11H17NO2. The topological polar surface area (TPSA) is 38.7 Å². The summed E-state index contributed by atoms with van der Waals surface area (Å²) in [4.78, 5) is 9.89. The largest absolute Gasteiger partial charge is 0.370 e. The third-order valence-electron chi connectivity index (χ3n) is 2.46. The molecule has 1 fully saturated rings. The predicted molar refractivity (Wildman–Crippen MR) is 57.1 cm³/mol. The summed E-state index contributed by atoms with van der Waals surface area (Å²) in [5.74, 6) is 0. The summed E-state index contributed by atoms with van der Waals surface area (Å²) in [5.41, 5.74) is 1.15. The fraction of sp³-hybridized carbons (Fsp3) is 0.636. The second-order valence-electron chi connectivity index (χ2n) is 3.63. The molecule has 78 valence electrons. The summed E-state index contributed by atoms with van der Waals surface area (Å²) >= 11 is 0. The first-order valence-electron chi connectivity index (χ1n) is 5.01. The van der Waals surface area contributed by atoms with Crippen LogP contribution in [0.25, 0.3) is 0 Å². The van der Waals surface area contributed by atoms with Crippen LogP contribution in [-0.4, -0.2) is 18.8 Å². The second-order valence-corrected chi connectivity index (χ2v) is 3.63. The van der Waals surface area contributed by atoms with Crippen molar-refractivity contribution in [2.24, 2.45) is 5.18 Å². The summed E-state index contributed by atoms with van der Waals surface area (Å²) < 4.78 is 5.75. The van der Waals surface area contributed by atoms with Crippen LogP contribution in [0.15, 0.2) is 30.0 Å². The van der Waals surface area contributed by atoms with Gasteiger partial charge in [-0.25, -0.2) is 0 Å². The minimum Gasteiger partial charge on any atom is -0.370 e. The van der Waals surface area contributed by atoms with Gasteiger partial charge in [-0.05, 0) is 31.3 Å². The first-order valence-corrected chi connectivity index (χ1v) is 5.01. The lowest BCUT2D eigenvalue weighted by Gasteiger charge is -2.10. The van der Waals surface area contributed by atoms with E-state index in [1.165, 1.54) is 0 Å². The fourth-order valence-corrected chi connectivity index (χ4v) is 1.73. The Morgan fingerprint density at radius 2 is 2.43 bits per heavy atom. The molecule has 0 unspecified atom stereocenters. The second kappa shape index (κ2) is 5.70. The van der Waals surface area contributed by atoms with E-state index >= 15 is 0 Å². The van der Waals surface area contributed by atoms with Crippen LogP contribution in [0.2, 0.25) is 0 Å². The summed E-state index contributed by atoms with van der Waals surface area (Å²) in [6.07, 6.45) is 5.68. The highest BCUT2D eigenvalue weighted by atomic mass is 16.5. The monoisotopic (exact) mass is 195 g/mol. The molecule has 0 radical (unpaired) electrons. The maximum Gasteiger partial charge on any atom is 0.0821 e. The van der Waals surface area contributed by atoms with Crippen molar-refractivity contribution < 1.29 is 4.74 Å². The van der Waals surface area contributed by atoms with E-state index in [0.29, 0.717) is 6.54 Å². The lowest BCUT2D eigenvalue weighted by atomic mass is 10.0. The third kappa shape index (κ3) is 3.07. The molecule has 1 heterocycles. The SMILES string of the molecule is C=CC[C@@H]1O[C@@H](CCCN=O)CC1=C. The zero-order valence-corrected chi connectivity index (χ0v) is 8.45. The van der Waals surface area contributed by atoms with E-state index < -0.39 is 0 Å². The van der Waals surface area contributed by atoms with Crippen LogP contribution < -0.4 is 0 Å². The van der Waals surface area contributed by atoms with Crippen LogP contribution in [0.1, 0.15) is 25.7 Å².